The van der Waals surface area contributed by atoms with E-state index in [4.69, 9.17) is 10.00 Å². The van der Waals surface area contributed by atoms with Crippen molar-refractivity contribution in [1.29, 1.82) is 5.26 Å². The first-order valence-electron chi connectivity index (χ1n) is 4.23. The molecule has 0 radical (unpaired) electrons. The number of hydrogen-bond acceptors (Lipinski definition) is 4. The molecule has 0 spiro atoms. The predicted molar refractivity (Wildman–Crippen MR) is 59.5 cm³/mol. The second-order valence-electron chi connectivity index (χ2n) is 2.81. The lowest BCUT2D eigenvalue weighted by molar-refractivity contribution is -0.275. The molecule has 92 valence electrons. The summed E-state index contributed by atoms with van der Waals surface area (Å²) in [5.41, 5.74) is -0.109. The fraction of sp³-hybridized carbons (Fsp3) is 0.333. The van der Waals surface area contributed by atoms with Crippen molar-refractivity contribution in [3.05, 3.63) is 15.3 Å². The molecule has 0 saturated carbocycles. The molecule has 0 bridgehead atoms. The van der Waals surface area contributed by atoms with Gasteiger partial charge in [0, 0.05) is 6.07 Å². The van der Waals surface area contributed by atoms with Crippen LogP contribution >= 0.6 is 22.6 Å². The molecule has 1 aromatic rings. The Hall–Kier alpha value is -1.24. The summed E-state index contributed by atoms with van der Waals surface area (Å²) in [5, 5.41) is 8.51. The SMILES string of the molecule is COc1nc(CC#N)c(OC(F)(F)F)cc1I. The van der Waals surface area contributed by atoms with Gasteiger partial charge in [-0.15, -0.1) is 13.2 Å². The first kappa shape index (κ1) is 13.8. The quantitative estimate of drug-likeness (QED) is 0.780. The van der Waals surface area contributed by atoms with Crippen molar-refractivity contribution in [2.75, 3.05) is 7.11 Å². The van der Waals surface area contributed by atoms with Crippen LogP contribution in [0, 0.1) is 14.9 Å². The Kier molecular flexibility index (Phi) is 4.39. The van der Waals surface area contributed by atoms with Gasteiger partial charge in [0.05, 0.1) is 23.2 Å². The van der Waals surface area contributed by atoms with E-state index >= 15 is 0 Å². The van der Waals surface area contributed by atoms with E-state index in [-0.39, 0.29) is 18.0 Å². The van der Waals surface area contributed by atoms with E-state index in [1.54, 1.807) is 28.7 Å². The minimum Gasteiger partial charge on any atom is -0.480 e. The molecular weight excluding hydrogens is 352 g/mol. The molecule has 1 heterocycles. The summed E-state index contributed by atoms with van der Waals surface area (Å²) in [5.74, 6) is -0.324. The molecule has 0 amide bonds. The van der Waals surface area contributed by atoms with E-state index in [0.717, 1.165) is 6.07 Å². The highest BCUT2D eigenvalue weighted by molar-refractivity contribution is 14.1. The molecule has 4 nitrogen and oxygen atoms in total. The summed E-state index contributed by atoms with van der Waals surface area (Å²) in [6.45, 7) is 0. The molecule has 1 aromatic heterocycles. The molecule has 0 unspecified atom stereocenters. The van der Waals surface area contributed by atoms with Crippen molar-refractivity contribution in [2.24, 2.45) is 0 Å². The van der Waals surface area contributed by atoms with Crippen LogP contribution in [0.1, 0.15) is 5.69 Å². The third kappa shape index (κ3) is 3.92. The van der Waals surface area contributed by atoms with Crippen molar-refractivity contribution < 1.29 is 22.6 Å². The second-order valence-corrected chi connectivity index (χ2v) is 3.97. The van der Waals surface area contributed by atoms with Crippen LogP contribution in [0.3, 0.4) is 0 Å². The molecule has 0 saturated heterocycles. The highest BCUT2D eigenvalue weighted by Crippen LogP contribution is 2.30. The van der Waals surface area contributed by atoms with Crippen molar-refractivity contribution in [1.82, 2.24) is 4.98 Å². The zero-order valence-electron chi connectivity index (χ0n) is 8.51. The van der Waals surface area contributed by atoms with E-state index in [1.807, 2.05) is 0 Å². The smallest absolute Gasteiger partial charge is 0.480 e. The molecule has 0 fully saturated rings. The summed E-state index contributed by atoms with van der Waals surface area (Å²) in [4.78, 5) is 3.79. The molecule has 0 aromatic carbocycles. The summed E-state index contributed by atoms with van der Waals surface area (Å²) in [7, 11) is 1.34. The maximum absolute atomic E-state index is 12.1. The molecule has 17 heavy (non-hydrogen) atoms. The minimum atomic E-state index is -4.82. The summed E-state index contributed by atoms with van der Waals surface area (Å²) < 4.78 is 45.3. The summed E-state index contributed by atoms with van der Waals surface area (Å²) in [6.07, 6.45) is -5.11. The standard InChI is InChI=1S/C9H6F3IN2O2/c1-16-8-5(13)4-7(17-9(10,11)12)6(15-8)2-3-14/h4H,2H2,1H3. The topological polar surface area (TPSA) is 55.1 Å². The molecule has 8 heteroatoms. The zero-order chi connectivity index (χ0) is 13.1. The Morgan fingerprint density at radius 3 is 2.65 bits per heavy atom. The Bertz CT molecular complexity index is 457. The van der Waals surface area contributed by atoms with Gasteiger partial charge in [-0.1, -0.05) is 0 Å². The van der Waals surface area contributed by atoms with Crippen LogP contribution in [0.2, 0.25) is 0 Å². The third-order valence-corrected chi connectivity index (χ3v) is 2.42. The van der Waals surface area contributed by atoms with Crippen LogP contribution in [-0.4, -0.2) is 18.5 Å². The number of nitriles is 1. The van der Waals surface area contributed by atoms with Crippen molar-refractivity contribution in [2.45, 2.75) is 12.8 Å². The second kappa shape index (κ2) is 5.39. The molecule has 0 aliphatic carbocycles. The van der Waals surface area contributed by atoms with Gasteiger partial charge < -0.3 is 9.47 Å². The van der Waals surface area contributed by atoms with Gasteiger partial charge in [0.2, 0.25) is 5.88 Å². The van der Waals surface area contributed by atoms with Gasteiger partial charge in [0.1, 0.15) is 5.69 Å². The number of methoxy groups -OCH3 is 1. The van der Waals surface area contributed by atoms with Crippen LogP contribution in [0.15, 0.2) is 6.07 Å². The first-order valence-corrected chi connectivity index (χ1v) is 5.31. The predicted octanol–water partition coefficient (Wildman–Crippen LogP) is 2.66. The van der Waals surface area contributed by atoms with Crippen LogP contribution in [0.4, 0.5) is 13.2 Å². The molecule has 0 atom stereocenters. The average molecular weight is 358 g/mol. The van der Waals surface area contributed by atoms with Gasteiger partial charge in [-0.05, 0) is 22.6 Å². The Morgan fingerprint density at radius 2 is 2.18 bits per heavy atom. The lowest BCUT2D eigenvalue weighted by Gasteiger charge is -2.13. The molecule has 0 aliphatic heterocycles. The fourth-order valence-corrected chi connectivity index (χ4v) is 1.67. The Labute approximate surface area is 108 Å². The number of rotatable bonds is 3. The van der Waals surface area contributed by atoms with Crippen molar-refractivity contribution in [3.8, 4) is 17.7 Å². The fourth-order valence-electron chi connectivity index (χ4n) is 1.05. The van der Waals surface area contributed by atoms with Crippen LogP contribution in [-0.2, 0) is 6.42 Å². The Balaban J connectivity index is 3.19. The monoisotopic (exact) mass is 358 g/mol. The van der Waals surface area contributed by atoms with E-state index in [2.05, 4.69) is 9.72 Å². The number of alkyl halides is 3. The highest BCUT2D eigenvalue weighted by atomic mass is 127. The van der Waals surface area contributed by atoms with Gasteiger partial charge >= 0.3 is 6.36 Å². The number of nitrogens with zero attached hydrogens (tertiary/aromatic N) is 2. The van der Waals surface area contributed by atoms with Crippen LogP contribution in [0.25, 0.3) is 0 Å². The van der Waals surface area contributed by atoms with Gasteiger partial charge in [-0.3, -0.25) is 0 Å². The molecular formula is C9H6F3IN2O2. The summed E-state index contributed by atoms with van der Waals surface area (Å²) >= 11 is 1.76. The van der Waals surface area contributed by atoms with Gasteiger partial charge in [0.15, 0.2) is 5.75 Å². The third-order valence-electron chi connectivity index (χ3n) is 1.65. The number of hydrogen-bond donors (Lipinski definition) is 0. The van der Waals surface area contributed by atoms with Gasteiger partial charge in [0.25, 0.3) is 0 Å². The zero-order valence-corrected chi connectivity index (χ0v) is 10.7. The average Bonchev–Trinajstić information content (AvgIpc) is 2.20. The largest absolute Gasteiger partial charge is 0.573 e. The van der Waals surface area contributed by atoms with Gasteiger partial charge in [-0.2, -0.15) is 5.26 Å². The summed E-state index contributed by atoms with van der Waals surface area (Å²) in [6, 6.07) is 2.84. The maximum Gasteiger partial charge on any atom is 0.573 e. The highest BCUT2D eigenvalue weighted by Gasteiger charge is 2.32. The molecule has 1 rings (SSSR count). The lowest BCUT2D eigenvalue weighted by Crippen LogP contribution is -2.18. The van der Waals surface area contributed by atoms with E-state index in [1.165, 1.54) is 7.11 Å². The van der Waals surface area contributed by atoms with Crippen LogP contribution < -0.4 is 9.47 Å². The van der Waals surface area contributed by atoms with E-state index < -0.39 is 12.1 Å². The minimum absolute atomic E-state index is 0.109. The normalized spacial score (nSPS) is 10.8. The number of ether oxygens (including phenoxy) is 2. The maximum atomic E-state index is 12.1. The first-order chi connectivity index (χ1) is 7.87. The van der Waals surface area contributed by atoms with Gasteiger partial charge in [-0.25, -0.2) is 4.98 Å². The number of aromatic nitrogens is 1. The Morgan fingerprint density at radius 1 is 1.53 bits per heavy atom. The molecule has 0 N–H and O–H groups in total. The number of halogens is 4. The lowest BCUT2D eigenvalue weighted by atomic mass is 10.2. The molecule has 0 aliphatic rings. The van der Waals surface area contributed by atoms with Crippen molar-refractivity contribution >= 4 is 22.6 Å². The number of pyridine rings is 1. The van der Waals surface area contributed by atoms with Crippen LogP contribution in [0.5, 0.6) is 11.6 Å². The van der Waals surface area contributed by atoms with Crippen molar-refractivity contribution in [3.63, 3.8) is 0 Å². The van der Waals surface area contributed by atoms with E-state index in [9.17, 15) is 13.2 Å². The van der Waals surface area contributed by atoms with E-state index in [0.29, 0.717) is 3.57 Å².